The molecule has 0 bridgehead atoms. The summed E-state index contributed by atoms with van der Waals surface area (Å²) in [6.45, 7) is 0. The summed E-state index contributed by atoms with van der Waals surface area (Å²) in [6.07, 6.45) is 5.29. The molecule has 1 fully saturated rings. The Bertz CT molecular complexity index is 466. The van der Waals surface area contributed by atoms with Crippen molar-refractivity contribution in [2.45, 2.75) is 31.2 Å². The van der Waals surface area contributed by atoms with Crippen molar-refractivity contribution in [3.05, 3.63) is 28.1 Å². The van der Waals surface area contributed by atoms with Crippen molar-refractivity contribution in [1.29, 1.82) is 0 Å². The number of aromatic nitrogens is 1. The number of hydrogen-bond donors (Lipinski definition) is 2. The van der Waals surface area contributed by atoms with E-state index in [0.29, 0.717) is 5.33 Å². The quantitative estimate of drug-likeness (QED) is 0.508. The van der Waals surface area contributed by atoms with Crippen LogP contribution in [-0.4, -0.2) is 26.7 Å². The highest BCUT2D eigenvalue weighted by Crippen LogP contribution is 2.31. The van der Waals surface area contributed by atoms with E-state index in [2.05, 4.69) is 26.2 Å². The number of amides is 1. The van der Waals surface area contributed by atoms with Gasteiger partial charge in [0.25, 0.3) is 11.6 Å². The van der Waals surface area contributed by atoms with Crippen LogP contribution < -0.4 is 5.32 Å². The molecule has 0 aromatic carbocycles. The Morgan fingerprint density at radius 3 is 2.72 bits per heavy atom. The summed E-state index contributed by atoms with van der Waals surface area (Å²) in [6, 6.07) is 1.26. The molecule has 0 spiro atoms. The van der Waals surface area contributed by atoms with E-state index in [0.717, 1.165) is 25.7 Å². The second kappa shape index (κ2) is 5.09. The zero-order valence-corrected chi connectivity index (χ0v) is 11.3. The van der Waals surface area contributed by atoms with Crippen LogP contribution in [0.25, 0.3) is 0 Å². The van der Waals surface area contributed by atoms with Gasteiger partial charge in [0.2, 0.25) is 0 Å². The first-order valence-corrected chi connectivity index (χ1v) is 6.90. The fraction of sp³-hybridized carbons (Fsp3) is 0.545. The van der Waals surface area contributed by atoms with Crippen molar-refractivity contribution in [3.8, 4) is 0 Å². The molecule has 0 saturated heterocycles. The lowest BCUT2D eigenvalue weighted by molar-refractivity contribution is -0.384. The minimum atomic E-state index is -0.525. The molecular formula is C11H14BrN3O3. The van der Waals surface area contributed by atoms with Crippen molar-refractivity contribution in [2.75, 3.05) is 5.33 Å². The molecular weight excluding hydrogens is 302 g/mol. The summed E-state index contributed by atoms with van der Waals surface area (Å²) in [7, 11) is 0. The third-order valence-electron chi connectivity index (χ3n) is 3.32. The van der Waals surface area contributed by atoms with Crippen LogP contribution in [0.1, 0.15) is 36.2 Å². The molecule has 1 aliphatic rings. The molecule has 1 heterocycles. The van der Waals surface area contributed by atoms with Crippen molar-refractivity contribution in [2.24, 2.45) is 0 Å². The third kappa shape index (κ3) is 2.55. The van der Waals surface area contributed by atoms with E-state index >= 15 is 0 Å². The van der Waals surface area contributed by atoms with Crippen LogP contribution in [-0.2, 0) is 0 Å². The molecule has 1 aromatic rings. The van der Waals surface area contributed by atoms with Gasteiger partial charge in [0.15, 0.2) is 0 Å². The van der Waals surface area contributed by atoms with Crippen LogP contribution in [0.15, 0.2) is 12.3 Å². The fourth-order valence-corrected chi connectivity index (χ4v) is 2.97. The molecule has 0 atom stereocenters. The summed E-state index contributed by atoms with van der Waals surface area (Å²) in [5, 5.41) is 14.2. The van der Waals surface area contributed by atoms with E-state index in [1.165, 1.54) is 12.3 Å². The van der Waals surface area contributed by atoms with E-state index in [9.17, 15) is 14.9 Å². The Labute approximate surface area is 112 Å². The number of nitrogens with zero attached hydrogens (tertiary/aromatic N) is 1. The maximum absolute atomic E-state index is 12.0. The number of alkyl halides is 1. The molecule has 1 amide bonds. The Hall–Kier alpha value is -1.37. The Morgan fingerprint density at radius 1 is 1.56 bits per heavy atom. The summed E-state index contributed by atoms with van der Waals surface area (Å²) in [5.74, 6) is -0.288. The van der Waals surface area contributed by atoms with Gasteiger partial charge < -0.3 is 10.3 Å². The smallest absolute Gasteiger partial charge is 0.287 e. The Kier molecular flexibility index (Phi) is 3.70. The van der Waals surface area contributed by atoms with E-state index in [1.54, 1.807) is 0 Å². The predicted octanol–water partition coefficient (Wildman–Crippen LogP) is 2.36. The van der Waals surface area contributed by atoms with Gasteiger partial charge in [-0.05, 0) is 12.8 Å². The minimum Gasteiger partial charge on any atom is -0.351 e. The van der Waals surface area contributed by atoms with Gasteiger partial charge in [-0.25, -0.2) is 0 Å². The van der Waals surface area contributed by atoms with Gasteiger partial charge in [-0.3, -0.25) is 14.9 Å². The van der Waals surface area contributed by atoms with Gasteiger partial charge >= 0.3 is 0 Å². The Morgan fingerprint density at radius 2 is 2.22 bits per heavy atom. The van der Waals surface area contributed by atoms with Crippen LogP contribution in [0.5, 0.6) is 0 Å². The Balaban J connectivity index is 2.09. The van der Waals surface area contributed by atoms with Crippen molar-refractivity contribution < 1.29 is 9.72 Å². The van der Waals surface area contributed by atoms with Crippen molar-refractivity contribution in [3.63, 3.8) is 0 Å². The van der Waals surface area contributed by atoms with Gasteiger partial charge in [-0.15, -0.1) is 0 Å². The molecule has 0 aliphatic heterocycles. The predicted molar refractivity (Wildman–Crippen MR) is 69.9 cm³/mol. The SMILES string of the molecule is O=C(NC1(CBr)CCCC1)c1cc([N+](=O)[O-])c[nH]1. The second-order valence-corrected chi connectivity index (χ2v) is 5.16. The molecule has 2 rings (SSSR count). The number of carbonyl (C=O) groups excluding carboxylic acids is 1. The van der Waals surface area contributed by atoms with Gasteiger partial charge in [0, 0.05) is 11.4 Å². The van der Waals surface area contributed by atoms with Gasteiger partial charge in [0.05, 0.1) is 16.7 Å². The van der Waals surface area contributed by atoms with Gasteiger partial charge in [-0.1, -0.05) is 28.8 Å². The molecule has 7 heteroatoms. The van der Waals surface area contributed by atoms with Gasteiger partial charge in [-0.2, -0.15) is 0 Å². The highest BCUT2D eigenvalue weighted by atomic mass is 79.9. The number of carbonyl (C=O) groups is 1. The maximum Gasteiger partial charge on any atom is 0.287 e. The topological polar surface area (TPSA) is 88.0 Å². The first kappa shape index (κ1) is 13.1. The first-order chi connectivity index (χ1) is 8.56. The van der Waals surface area contributed by atoms with Crippen molar-refractivity contribution >= 4 is 27.5 Å². The average molecular weight is 316 g/mol. The lowest BCUT2D eigenvalue weighted by Crippen LogP contribution is -2.47. The molecule has 98 valence electrons. The second-order valence-electron chi connectivity index (χ2n) is 4.60. The van der Waals surface area contributed by atoms with Crippen LogP contribution in [0.3, 0.4) is 0 Å². The molecule has 1 saturated carbocycles. The molecule has 1 aliphatic carbocycles. The molecule has 6 nitrogen and oxygen atoms in total. The molecule has 2 N–H and O–H groups in total. The van der Waals surface area contributed by atoms with Gasteiger partial charge in [0.1, 0.15) is 5.69 Å². The van der Waals surface area contributed by atoms with E-state index in [1.807, 2.05) is 0 Å². The first-order valence-electron chi connectivity index (χ1n) is 5.78. The number of aromatic amines is 1. The number of hydrogen-bond acceptors (Lipinski definition) is 3. The average Bonchev–Trinajstić information content (AvgIpc) is 2.98. The minimum absolute atomic E-state index is 0.0977. The van der Waals surface area contributed by atoms with E-state index in [4.69, 9.17) is 0 Å². The number of rotatable bonds is 4. The summed E-state index contributed by atoms with van der Waals surface area (Å²) < 4.78 is 0. The number of H-pyrrole nitrogens is 1. The molecule has 0 radical (unpaired) electrons. The number of nitrogens with one attached hydrogen (secondary N) is 2. The zero-order chi connectivity index (χ0) is 13.2. The maximum atomic E-state index is 12.0. The normalized spacial score (nSPS) is 17.6. The zero-order valence-electron chi connectivity index (χ0n) is 9.74. The van der Waals surface area contributed by atoms with E-state index < -0.39 is 4.92 Å². The lowest BCUT2D eigenvalue weighted by Gasteiger charge is -2.27. The molecule has 1 aromatic heterocycles. The largest absolute Gasteiger partial charge is 0.351 e. The highest BCUT2D eigenvalue weighted by molar-refractivity contribution is 9.09. The van der Waals surface area contributed by atoms with Crippen molar-refractivity contribution in [1.82, 2.24) is 10.3 Å². The van der Waals surface area contributed by atoms with Crippen LogP contribution in [0.2, 0.25) is 0 Å². The highest BCUT2D eigenvalue weighted by Gasteiger charge is 2.34. The lowest BCUT2D eigenvalue weighted by atomic mass is 10.0. The summed E-state index contributed by atoms with van der Waals surface area (Å²) in [5.41, 5.74) is -0.0786. The molecule has 0 unspecified atom stereocenters. The monoisotopic (exact) mass is 315 g/mol. The standard InChI is InChI=1S/C11H14BrN3O3/c12-7-11(3-1-2-4-11)14-10(16)9-5-8(6-13-9)15(17)18/h5-6,13H,1-4,7H2,(H,14,16). The van der Waals surface area contributed by atoms with E-state index in [-0.39, 0.29) is 22.8 Å². The summed E-state index contributed by atoms with van der Waals surface area (Å²) >= 11 is 3.43. The number of halogens is 1. The van der Waals surface area contributed by atoms with Crippen LogP contribution in [0.4, 0.5) is 5.69 Å². The fourth-order valence-electron chi connectivity index (χ4n) is 2.27. The van der Waals surface area contributed by atoms with Crippen LogP contribution in [0, 0.1) is 10.1 Å². The number of nitro groups is 1. The summed E-state index contributed by atoms with van der Waals surface area (Å²) in [4.78, 5) is 24.7. The third-order valence-corrected chi connectivity index (χ3v) is 4.39. The molecule has 18 heavy (non-hydrogen) atoms. The van der Waals surface area contributed by atoms with Crippen LogP contribution >= 0.6 is 15.9 Å².